The molecule has 0 aliphatic carbocycles. The van der Waals surface area contributed by atoms with Crippen LogP contribution in [0.3, 0.4) is 0 Å². The topological polar surface area (TPSA) is 38.3 Å². The Morgan fingerprint density at radius 1 is 1.44 bits per heavy atom. The second-order valence-electron chi connectivity index (χ2n) is 3.51. The first kappa shape index (κ1) is 13.1. The molecule has 1 atom stereocenters. The van der Waals surface area contributed by atoms with Gasteiger partial charge in [0.2, 0.25) is 0 Å². The summed E-state index contributed by atoms with van der Waals surface area (Å²) in [5.41, 5.74) is 0. The predicted molar refractivity (Wildman–Crippen MR) is 43.0 cm³/mol. The summed E-state index contributed by atoms with van der Waals surface area (Å²) in [6.45, 7) is -0.583. The van der Waals surface area contributed by atoms with Crippen LogP contribution in [0.15, 0.2) is 0 Å². The summed E-state index contributed by atoms with van der Waals surface area (Å²) in [5, 5.41) is 2.31. The van der Waals surface area contributed by atoms with E-state index in [1.807, 2.05) is 0 Å². The summed E-state index contributed by atoms with van der Waals surface area (Å²) in [4.78, 5) is 10.5. The average Bonchev–Trinajstić information content (AvgIpc) is 2.33. The van der Waals surface area contributed by atoms with E-state index in [1.165, 1.54) is 0 Å². The molecular formula is C8H10F5NO2. The second-order valence-corrected chi connectivity index (χ2v) is 3.51. The molecule has 1 heterocycles. The number of halogens is 5. The van der Waals surface area contributed by atoms with Crippen molar-refractivity contribution in [1.29, 1.82) is 0 Å². The van der Waals surface area contributed by atoms with Gasteiger partial charge >= 0.3 is 18.1 Å². The van der Waals surface area contributed by atoms with Gasteiger partial charge in [-0.2, -0.15) is 22.0 Å². The number of carbonyl (C=O) groups excluding carboxylic acids is 1. The number of cyclic esters (lactones) is 1. The van der Waals surface area contributed by atoms with Crippen LogP contribution < -0.4 is 5.32 Å². The molecular weight excluding hydrogens is 237 g/mol. The van der Waals surface area contributed by atoms with Crippen molar-refractivity contribution < 1.29 is 31.5 Å². The highest BCUT2D eigenvalue weighted by atomic mass is 19.4. The van der Waals surface area contributed by atoms with Gasteiger partial charge in [0.15, 0.2) is 0 Å². The SMILES string of the molecule is O=C1OC(CNCCC(F)(F)F)CC1(F)F. The molecule has 0 spiro atoms. The number of hydrogen-bond donors (Lipinski definition) is 1. The lowest BCUT2D eigenvalue weighted by Crippen LogP contribution is -2.30. The maximum atomic E-state index is 12.6. The maximum Gasteiger partial charge on any atom is 0.390 e. The molecule has 0 aromatic heterocycles. The lowest BCUT2D eigenvalue weighted by molar-refractivity contribution is -0.159. The predicted octanol–water partition coefficient (Wildman–Crippen LogP) is 1.48. The van der Waals surface area contributed by atoms with Crippen LogP contribution in [0.5, 0.6) is 0 Å². The van der Waals surface area contributed by atoms with E-state index in [4.69, 9.17) is 0 Å². The van der Waals surface area contributed by atoms with Crippen LogP contribution in [0.1, 0.15) is 12.8 Å². The normalized spacial score (nSPS) is 24.6. The quantitative estimate of drug-likeness (QED) is 0.464. The monoisotopic (exact) mass is 247 g/mol. The standard InChI is InChI=1S/C8H10F5NO2/c9-7(10)3-5(16-6(7)15)4-14-2-1-8(11,12)13/h5,14H,1-4H2. The third-order valence-corrected chi connectivity index (χ3v) is 2.01. The van der Waals surface area contributed by atoms with Gasteiger partial charge in [-0.05, 0) is 0 Å². The molecule has 94 valence electrons. The molecule has 1 aliphatic heterocycles. The Morgan fingerprint density at radius 3 is 2.50 bits per heavy atom. The number of ether oxygens (including phenoxy) is 1. The Balaban J connectivity index is 2.19. The van der Waals surface area contributed by atoms with Crippen molar-refractivity contribution in [2.75, 3.05) is 13.1 Å². The summed E-state index contributed by atoms with van der Waals surface area (Å²) in [5.74, 6) is -5.13. The molecule has 8 heteroatoms. The van der Waals surface area contributed by atoms with Gasteiger partial charge in [0.25, 0.3) is 0 Å². The molecule has 16 heavy (non-hydrogen) atoms. The van der Waals surface area contributed by atoms with Gasteiger partial charge in [0, 0.05) is 13.1 Å². The molecule has 0 amide bonds. The zero-order valence-corrected chi connectivity index (χ0v) is 8.11. The first-order valence-corrected chi connectivity index (χ1v) is 4.57. The van der Waals surface area contributed by atoms with Crippen molar-refractivity contribution in [3.63, 3.8) is 0 Å². The Bertz CT molecular complexity index is 266. The highest BCUT2D eigenvalue weighted by Crippen LogP contribution is 2.30. The summed E-state index contributed by atoms with van der Waals surface area (Å²) >= 11 is 0. The molecule has 1 N–H and O–H groups in total. The summed E-state index contributed by atoms with van der Waals surface area (Å²) in [6.07, 6.45) is -7.19. The fraction of sp³-hybridized carbons (Fsp3) is 0.875. The molecule has 1 unspecified atom stereocenters. The van der Waals surface area contributed by atoms with E-state index in [0.717, 1.165) is 0 Å². The molecule has 0 saturated carbocycles. The van der Waals surface area contributed by atoms with Crippen LogP contribution >= 0.6 is 0 Å². The number of nitrogens with one attached hydrogen (secondary N) is 1. The molecule has 1 saturated heterocycles. The van der Waals surface area contributed by atoms with E-state index in [0.29, 0.717) is 0 Å². The Labute approximate surface area is 87.9 Å². The van der Waals surface area contributed by atoms with Gasteiger partial charge in [0.05, 0.1) is 12.8 Å². The number of rotatable bonds is 4. The van der Waals surface area contributed by atoms with Crippen molar-refractivity contribution in [1.82, 2.24) is 5.32 Å². The summed E-state index contributed by atoms with van der Waals surface area (Å²) < 4.78 is 64.6. The fourth-order valence-electron chi connectivity index (χ4n) is 1.26. The van der Waals surface area contributed by atoms with Crippen LogP contribution in [0, 0.1) is 0 Å². The van der Waals surface area contributed by atoms with Crippen molar-refractivity contribution >= 4 is 5.97 Å². The molecule has 0 radical (unpaired) electrons. The average molecular weight is 247 g/mol. The summed E-state index contributed by atoms with van der Waals surface area (Å²) in [6, 6.07) is 0. The molecule has 0 bridgehead atoms. The minimum Gasteiger partial charge on any atom is -0.456 e. The molecule has 0 aromatic carbocycles. The largest absolute Gasteiger partial charge is 0.456 e. The van der Waals surface area contributed by atoms with E-state index in [2.05, 4.69) is 10.1 Å². The lowest BCUT2D eigenvalue weighted by Gasteiger charge is -2.10. The van der Waals surface area contributed by atoms with Crippen molar-refractivity contribution in [3.05, 3.63) is 0 Å². The van der Waals surface area contributed by atoms with Crippen LogP contribution in [0.4, 0.5) is 22.0 Å². The minimum atomic E-state index is -4.29. The third-order valence-electron chi connectivity index (χ3n) is 2.01. The van der Waals surface area contributed by atoms with Gasteiger partial charge < -0.3 is 10.1 Å². The smallest absolute Gasteiger partial charge is 0.390 e. The van der Waals surface area contributed by atoms with Gasteiger partial charge in [-0.15, -0.1) is 0 Å². The molecule has 0 aromatic rings. The van der Waals surface area contributed by atoms with E-state index in [1.54, 1.807) is 0 Å². The lowest BCUT2D eigenvalue weighted by atomic mass is 10.2. The highest BCUT2D eigenvalue weighted by molar-refractivity contribution is 5.79. The van der Waals surface area contributed by atoms with Crippen LogP contribution in [-0.4, -0.2) is 37.3 Å². The van der Waals surface area contributed by atoms with Gasteiger partial charge in [-0.3, -0.25) is 0 Å². The first-order chi connectivity index (χ1) is 7.21. The number of alkyl halides is 5. The van der Waals surface area contributed by atoms with Crippen molar-refractivity contribution in [2.24, 2.45) is 0 Å². The van der Waals surface area contributed by atoms with Crippen molar-refractivity contribution in [3.8, 4) is 0 Å². The fourth-order valence-corrected chi connectivity index (χ4v) is 1.26. The molecule has 3 nitrogen and oxygen atoms in total. The zero-order chi connectivity index (χ0) is 12.4. The van der Waals surface area contributed by atoms with E-state index < -0.39 is 37.0 Å². The van der Waals surface area contributed by atoms with Crippen LogP contribution in [0.25, 0.3) is 0 Å². The molecule has 1 aliphatic rings. The van der Waals surface area contributed by atoms with E-state index >= 15 is 0 Å². The minimum absolute atomic E-state index is 0.197. The van der Waals surface area contributed by atoms with Gasteiger partial charge in [-0.1, -0.05) is 0 Å². The highest BCUT2D eigenvalue weighted by Gasteiger charge is 2.50. The van der Waals surface area contributed by atoms with Gasteiger partial charge in [0.1, 0.15) is 6.10 Å². The Kier molecular flexibility index (Phi) is 3.72. The third kappa shape index (κ3) is 3.92. The van der Waals surface area contributed by atoms with E-state index in [-0.39, 0.29) is 13.1 Å². The maximum absolute atomic E-state index is 12.6. The van der Waals surface area contributed by atoms with Crippen LogP contribution in [-0.2, 0) is 9.53 Å². The number of hydrogen-bond acceptors (Lipinski definition) is 3. The second kappa shape index (κ2) is 4.52. The Hall–Kier alpha value is -0.920. The molecule has 1 fully saturated rings. The number of carbonyl (C=O) groups is 1. The summed E-state index contributed by atoms with van der Waals surface area (Å²) in [7, 11) is 0. The van der Waals surface area contributed by atoms with Gasteiger partial charge in [-0.25, -0.2) is 4.79 Å². The number of esters is 1. The first-order valence-electron chi connectivity index (χ1n) is 4.57. The van der Waals surface area contributed by atoms with E-state index in [9.17, 15) is 26.7 Å². The zero-order valence-electron chi connectivity index (χ0n) is 8.11. The van der Waals surface area contributed by atoms with Crippen LogP contribution in [0.2, 0.25) is 0 Å². The Morgan fingerprint density at radius 2 is 2.06 bits per heavy atom. The van der Waals surface area contributed by atoms with Crippen molar-refractivity contribution in [2.45, 2.75) is 31.0 Å². The molecule has 1 rings (SSSR count).